The summed E-state index contributed by atoms with van der Waals surface area (Å²) in [5.41, 5.74) is 2.70. The zero-order chi connectivity index (χ0) is 21.0. The summed E-state index contributed by atoms with van der Waals surface area (Å²) < 4.78 is 1.34. The molecule has 0 unspecified atom stereocenters. The zero-order valence-electron chi connectivity index (χ0n) is 17.8. The minimum atomic E-state index is -0.388. The third-order valence-electron chi connectivity index (χ3n) is 6.80. The number of aromatic nitrogens is 2. The van der Waals surface area contributed by atoms with Gasteiger partial charge in [0.05, 0.1) is 0 Å². The molecule has 6 heteroatoms. The molecule has 1 amide bonds. The molecule has 1 aliphatic heterocycles. The number of likely N-dealkylation sites (tertiary alicyclic amines) is 1. The monoisotopic (exact) mass is 408 g/mol. The lowest BCUT2D eigenvalue weighted by molar-refractivity contribution is -0.122. The fourth-order valence-electron chi connectivity index (χ4n) is 5.10. The summed E-state index contributed by atoms with van der Waals surface area (Å²) in [6.07, 6.45) is 10.1. The molecule has 1 saturated heterocycles. The summed E-state index contributed by atoms with van der Waals surface area (Å²) in [5, 5.41) is 3.10. The number of hydrogen-bond acceptors (Lipinski definition) is 4. The summed E-state index contributed by atoms with van der Waals surface area (Å²) >= 11 is 0. The predicted octanol–water partition coefficient (Wildman–Crippen LogP) is 2.64. The summed E-state index contributed by atoms with van der Waals surface area (Å²) in [7, 11) is 0. The fourth-order valence-corrected chi connectivity index (χ4v) is 5.10. The molecule has 6 nitrogen and oxygen atoms in total. The topological polar surface area (TPSA) is 67.2 Å². The van der Waals surface area contributed by atoms with E-state index >= 15 is 0 Å². The highest BCUT2D eigenvalue weighted by Gasteiger charge is 2.38. The van der Waals surface area contributed by atoms with Gasteiger partial charge in [-0.1, -0.05) is 42.7 Å². The Labute approximate surface area is 178 Å². The van der Waals surface area contributed by atoms with Crippen LogP contribution < -0.4 is 11.0 Å². The van der Waals surface area contributed by atoms with Gasteiger partial charge in [-0.3, -0.25) is 9.36 Å². The van der Waals surface area contributed by atoms with Gasteiger partial charge in [-0.15, -0.1) is 0 Å². The molecule has 4 rings (SSSR count). The zero-order valence-corrected chi connectivity index (χ0v) is 17.8. The summed E-state index contributed by atoms with van der Waals surface area (Å²) in [4.78, 5) is 30.3. The third kappa shape index (κ3) is 4.81. The van der Waals surface area contributed by atoms with Crippen LogP contribution in [0.1, 0.15) is 49.7 Å². The van der Waals surface area contributed by atoms with Gasteiger partial charge < -0.3 is 10.2 Å². The van der Waals surface area contributed by atoms with Crippen molar-refractivity contribution in [1.29, 1.82) is 0 Å². The van der Waals surface area contributed by atoms with Crippen molar-refractivity contribution in [2.75, 3.05) is 19.6 Å². The fraction of sp³-hybridized carbons (Fsp3) is 0.542. The molecule has 1 N–H and O–H groups in total. The van der Waals surface area contributed by atoms with E-state index in [0.717, 1.165) is 32.5 Å². The number of amides is 1. The maximum Gasteiger partial charge on any atom is 0.347 e. The number of piperidine rings is 1. The van der Waals surface area contributed by atoms with Gasteiger partial charge in [0.1, 0.15) is 6.54 Å². The van der Waals surface area contributed by atoms with Crippen LogP contribution in [0.15, 0.2) is 47.5 Å². The molecule has 0 atom stereocenters. The average Bonchev–Trinajstić information content (AvgIpc) is 3.21. The predicted molar refractivity (Wildman–Crippen MR) is 117 cm³/mol. The molecule has 30 heavy (non-hydrogen) atoms. The quantitative estimate of drug-likeness (QED) is 0.798. The molecule has 160 valence electrons. The van der Waals surface area contributed by atoms with E-state index < -0.39 is 0 Å². The van der Waals surface area contributed by atoms with Crippen molar-refractivity contribution < 1.29 is 4.79 Å². The number of carbonyl (C=O) groups excluding carboxylic acids is 1. The molecular weight excluding hydrogens is 376 g/mol. The Morgan fingerprint density at radius 2 is 1.87 bits per heavy atom. The molecule has 2 heterocycles. The highest BCUT2D eigenvalue weighted by molar-refractivity contribution is 5.76. The SMILES string of the molecule is Cc1ccc(C2(CN3CCC(NC(=O)Cn4cccnc4=O)CC3)CCCC2)cc1. The van der Waals surface area contributed by atoms with Gasteiger partial charge in [0.15, 0.2) is 0 Å². The van der Waals surface area contributed by atoms with Crippen molar-refractivity contribution in [3.05, 3.63) is 64.3 Å². The number of nitrogens with one attached hydrogen (secondary N) is 1. The van der Waals surface area contributed by atoms with E-state index in [1.807, 2.05) is 0 Å². The first-order chi connectivity index (χ1) is 14.5. The molecule has 1 aromatic carbocycles. The van der Waals surface area contributed by atoms with Crippen molar-refractivity contribution in [3.8, 4) is 0 Å². The number of rotatable bonds is 6. The first-order valence-electron chi connectivity index (χ1n) is 11.1. The van der Waals surface area contributed by atoms with E-state index in [9.17, 15) is 9.59 Å². The minimum absolute atomic E-state index is 0.0312. The minimum Gasteiger partial charge on any atom is -0.352 e. The number of hydrogen-bond donors (Lipinski definition) is 1. The van der Waals surface area contributed by atoms with E-state index in [2.05, 4.69) is 46.4 Å². The maximum absolute atomic E-state index is 12.3. The summed E-state index contributed by atoms with van der Waals surface area (Å²) in [5.74, 6) is -0.115. The molecule has 1 saturated carbocycles. The van der Waals surface area contributed by atoms with Gasteiger partial charge in [-0.05, 0) is 44.2 Å². The second-order valence-corrected chi connectivity index (χ2v) is 9.00. The normalized spacial score (nSPS) is 19.6. The van der Waals surface area contributed by atoms with E-state index in [0.29, 0.717) is 0 Å². The van der Waals surface area contributed by atoms with E-state index in [1.165, 1.54) is 47.6 Å². The first-order valence-corrected chi connectivity index (χ1v) is 11.1. The molecule has 2 aromatic rings. The van der Waals surface area contributed by atoms with Crippen molar-refractivity contribution in [1.82, 2.24) is 19.8 Å². The van der Waals surface area contributed by atoms with Gasteiger partial charge in [-0.2, -0.15) is 0 Å². The Morgan fingerprint density at radius 3 is 2.53 bits per heavy atom. The molecule has 0 radical (unpaired) electrons. The number of aryl methyl sites for hydroxylation is 1. The van der Waals surface area contributed by atoms with Gasteiger partial charge in [0, 0.05) is 43.5 Å². The largest absolute Gasteiger partial charge is 0.352 e. The maximum atomic E-state index is 12.3. The Morgan fingerprint density at radius 1 is 1.17 bits per heavy atom. The van der Waals surface area contributed by atoms with Crippen molar-refractivity contribution in [3.63, 3.8) is 0 Å². The lowest BCUT2D eigenvalue weighted by Crippen LogP contribution is -2.49. The number of benzene rings is 1. The van der Waals surface area contributed by atoms with Crippen LogP contribution >= 0.6 is 0 Å². The van der Waals surface area contributed by atoms with Gasteiger partial charge >= 0.3 is 5.69 Å². The Bertz CT molecular complexity index is 907. The average molecular weight is 409 g/mol. The highest BCUT2D eigenvalue weighted by atomic mass is 16.2. The van der Waals surface area contributed by atoms with E-state index in [4.69, 9.17) is 0 Å². The van der Waals surface area contributed by atoms with Crippen LogP contribution in [0.5, 0.6) is 0 Å². The van der Waals surface area contributed by atoms with Gasteiger partial charge in [0.25, 0.3) is 0 Å². The van der Waals surface area contributed by atoms with Gasteiger partial charge in [-0.25, -0.2) is 9.78 Å². The van der Waals surface area contributed by atoms with Crippen molar-refractivity contribution >= 4 is 5.91 Å². The second kappa shape index (κ2) is 9.13. The lowest BCUT2D eigenvalue weighted by Gasteiger charge is -2.39. The molecular formula is C24H32N4O2. The molecule has 2 aliphatic rings. The molecule has 2 fully saturated rings. The molecule has 1 aromatic heterocycles. The Balaban J connectivity index is 1.30. The number of carbonyl (C=O) groups is 1. The summed E-state index contributed by atoms with van der Waals surface area (Å²) in [6, 6.07) is 11.0. The van der Waals surface area contributed by atoms with Crippen molar-refractivity contribution in [2.24, 2.45) is 0 Å². The van der Waals surface area contributed by atoms with Crippen LogP contribution in [0.25, 0.3) is 0 Å². The van der Waals surface area contributed by atoms with Crippen LogP contribution in [-0.2, 0) is 16.8 Å². The van der Waals surface area contributed by atoms with E-state index in [-0.39, 0.29) is 29.6 Å². The van der Waals surface area contributed by atoms with E-state index in [1.54, 1.807) is 12.3 Å². The first kappa shape index (κ1) is 20.8. The Kier molecular flexibility index (Phi) is 6.32. The lowest BCUT2D eigenvalue weighted by atomic mass is 9.77. The van der Waals surface area contributed by atoms with Crippen molar-refractivity contribution in [2.45, 2.75) is 63.5 Å². The third-order valence-corrected chi connectivity index (χ3v) is 6.80. The van der Waals surface area contributed by atoms with Crippen LogP contribution in [-0.4, -0.2) is 46.0 Å². The Hall–Kier alpha value is -2.47. The standard InChI is InChI=1S/C24H32N4O2/c1-19-5-7-20(8-6-19)24(11-2-3-12-24)18-27-15-9-21(10-16-27)26-22(29)17-28-14-4-13-25-23(28)30/h4-8,13-14,21H,2-3,9-12,15-18H2,1H3,(H,26,29). The van der Waals surface area contributed by atoms with Crippen LogP contribution in [0.2, 0.25) is 0 Å². The smallest absolute Gasteiger partial charge is 0.347 e. The van der Waals surface area contributed by atoms with Crippen LogP contribution in [0, 0.1) is 6.92 Å². The second-order valence-electron chi connectivity index (χ2n) is 9.00. The van der Waals surface area contributed by atoms with Crippen LogP contribution in [0.4, 0.5) is 0 Å². The molecule has 0 bridgehead atoms. The number of nitrogens with zero attached hydrogens (tertiary/aromatic N) is 3. The summed E-state index contributed by atoms with van der Waals surface area (Å²) in [6.45, 7) is 5.30. The molecule has 0 spiro atoms. The highest BCUT2D eigenvalue weighted by Crippen LogP contribution is 2.42. The van der Waals surface area contributed by atoms with Crippen LogP contribution in [0.3, 0.4) is 0 Å². The molecule has 1 aliphatic carbocycles. The van der Waals surface area contributed by atoms with Gasteiger partial charge in [0.2, 0.25) is 5.91 Å².